The fourth-order valence-electron chi connectivity index (χ4n) is 11.9. The van der Waals surface area contributed by atoms with Crippen LogP contribution in [0.2, 0.25) is 0 Å². The van der Waals surface area contributed by atoms with Gasteiger partial charge in [0, 0.05) is 88.8 Å². The molecule has 3 fully saturated rings. The zero-order valence-electron chi connectivity index (χ0n) is 47.1. The minimum absolute atomic E-state index is 0.0475. The van der Waals surface area contributed by atoms with Crippen molar-refractivity contribution in [2.45, 2.75) is 198 Å². The molecule has 20 atom stereocenters. The lowest BCUT2D eigenvalue weighted by Gasteiger charge is -2.50. The highest BCUT2D eigenvalue weighted by molar-refractivity contribution is 5.83. The van der Waals surface area contributed by atoms with Crippen molar-refractivity contribution in [2.24, 2.45) is 23.7 Å². The van der Waals surface area contributed by atoms with E-state index in [0.29, 0.717) is 19.4 Å². The summed E-state index contributed by atoms with van der Waals surface area (Å²) in [5, 5.41) is 48.6. The number of Topliss-reactive ketones (excluding diaryl/α,β-unsaturated/α-hetero) is 1. The number of aliphatic hydroxyl groups is 4. The molecule has 428 valence electrons. The van der Waals surface area contributed by atoms with Gasteiger partial charge in [-0.15, -0.1) is 5.53 Å². The van der Waals surface area contributed by atoms with Gasteiger partial charge in [0.05, 0.1) is 47.6 Å². The van der Waals surface area contributed by atoms with Crippen LogP contribution in [0.4, 0.5) is 4.39 Å². The number of nitrogens with zero attached hydrogens (tertiary/aromatic N) is 3. The first-order chi connectivity index (χ1) is 35.9. The van der Waals surface area contributed by atoms with Crippen LogP contribution in [-0.4, -0.2) is 179 Å². The molecule has 4 aliphatic heterocycles. The van der Waals surface area contributed by atoms with Crippen LogP contribution in [-0.2, 0) is 47.5 Å². The smallest absolute Gasteiger partial charge is 0.311 e. The summed E-state index contributed by atoms with van der Waals surface area (Å²) in [7, 11) is 6.46. The number of esters is 1. The van der Waals surface area contributed by atoms with E-state index in [0.717, 1.165) is 22.4 Å². The van der Waals surface area contributed by atoms with E-state index in [1.165, 1.54) is 21.1 Å². The summed E-state index contributed by atoms with van der Waals surface area (Å²) >= 11 is 0. The Hall–Kier alpha value is -3.74. The first kappa shape index (κ1) is 61.5. The summed E-state index contributed by atoms with van der Waals surface area (Å²) in [5.74, 6) is -4.83. The number of halogens is 1. The van der Waals surface area contributed by atoms with Crippen molar-refractivity contribution in [3.8, 4) is 11.1 Å². The Morgan fingerprint density at radius 3 is 2.20 bits per heavy atom. The third kappa shape index (κ3) is 13.5. The zero-order valence-corrected chi connectivity index (χ0v) is 47.1. The summed E-state index contributed by atoms with van der Waals surface area (Å²) in [6.45, 7) is 16.7. The number of aromatic nitrogens is 1. The Kier molecular flexibility index (Phi) is 21.1. The largest absolute Gasteiger partial charge is 0.459 e. The van der Waals surface area contributed by atoms with Crippen LogP contribution in [0.5, 0.6) is 0 Å². The maximum atomic E-state index is 15.0. The summed E-state index contributed by atoms with van der Waals surface area (Å²) in [5.41, 5.74) is 5.38. The van der Waals surface area contributed by atoms with Crippen LogP contribution in [0.3, 0.4) is 0 Å². The van der Waals surface area contributed by atoms with Gasteiger partial charge in [0.2, 0.25) is 0 Å². The molecule has 6 rings (SSSR count). The molecule has 1 aromatic carbocycles. The molecule has 0 saturated carbocycles. The third-order valence-corrected chi connectivity index (χ3v) is 16.9. The molecule has 76 heavy (non-hydrogen) atoms. The van der Waals surface area contributed by atoms with Crippen molar-refractivity contribution < 1.29 is 72.3 Å². The number of rotatable bonds is 17. The number of aliphatic hydroxyl groups excluding tert-OH is 3. The number of carbonyl (C=O) groups excluding carboxylic acids is 2. The highest BCUT2D eigenvalue weighted by Crippen LogP contribution is 2.42. The SMILES string of the molecule is CC[C@H]1OC(=O)[C@H](C)[C@@H](O[C@H]2C[C@@](C)(OC)[C@@H](O)[C@H](C)O2)[C@H](C)[C@@H](O[C@@H]2O[C@H](C)C[C@H](N(C)CCC3=CN([C@H](CF)[C@H](OC)c4ccc(-c5cccnc5)cc4)NN3)[C@H]2O)[C@](C)(OC)C[C@@H](C)C(=O)[C@H](C)[C@@H](O)[C@]1(C)O. The van der Waals surface area contributed by atoms with Gasteiger partial charge in [0.15, 0.2) is 12.6 Å². The number of pyridine rings is 1. The monoisotopic (exact) mass is 1070 g/mol. The zero-order chi connectivity index (χ0) is 56.0. The molecule has 2 aromatic rings. The molecular weight excluding hydrogens is 986 g/mol. The Balaban J connectivity index is 1.26. The first-order valence-electron chi connectivity index (χ1n) is 26.9. The van der Waals surface area contributed by atoms with Crippen molar-refractivity contribution in [3.63, 3.8) is 0 Å². The van der Waals surface area contributed by atoms with Crippen LogP contribution in [0.1, 0.15) is 113 Å². The summed E-state index contributed by atoms with van der Waals surface area (Å²) < 4.78 is 65.7. The fraction of sp³-hybridized carbons (Fsp3) is 0.732. The van der Waals surface area contributed by atoms with E-state index in [1.54, 1.807) is 73.0 Å². The Bertz CT molecular complexity index is 2220. The van der Waals surface area contributed by atoms with Crippen molar-refractivity contribution in [2.75, 3.05) is 41.6 Å². The average molecular weight is 1070 g/mol. The molecule has 19 nitrogen and oxygen atoms in total. The molecule has 3 saturated heterocycles. The van der Waals surface area contributed by atoms with Gasteiger partial charge in [0.25, 0.3) is 0 Å². The number of cyclic esters (lactones) is 1. The third-order valence-electron chi connectivity index (χ3n) is 16.9. The van der Waals surface area contributed by atoms with Crippen molar-refractivity contribution in [1.82, 2.24) is 25.9 Å². The second-order valence-electron chi connectivity index (χ2n) is 22.4. The summed E-state index contributed by atoms with van der Waals surface area (Å²) in [4.78, 5) is 35.1. The van der Waals surface area contributed by atoms with Gasteiger partial charge in [-0.25, -0.2) is 4.39 Å². The minimum Gasteiger partial charge on any atom is -0.459 e. The quantitative estimate of drug-likeness (QED) is 0.112. The van der Waals surface area contributed by atoms with E-state index in [4.69, 9.17) is 37.9 Å². The number of methoxy groups -OCH3 is 3. The molecule has 0 radical (unpaired) electrons. The number of hydrogen-bond acceptors (Lipinski definition) is 19. The van der Waals surface area contributed by atoms with Gasteiger partial charge in [-0.05, 0) is 90.6 Å². The van der Waals surface area contributed by atoms with Crippen LogP contribution < -0.4 is 11.0 Å². The maximum absolute atomic E-state index is 15.0. The Morgan fingerprint density at radius 2 is 1.59 bits per heavy atom. The highest BCUT2D eigenvalue weighted by atomic mass is 19.1. The highest BCUT2D eigenvalue weighted by Gasteiger charge is 2.54. The van der Waals surface area contributed by atoms with Gasteiger partial charge >= 0.3 is 5.97 Å². The number of ether oxygens (including phenoxy) is 8. The molecule has 6 N–H and O–H groups in total. The minimum atomic E-state index is -2.02. The lowest BCUT2D eigenvalue weighted by atomic mass is 9.74. The maximum Gasteiger partial charge on any atom is 0.311 e. The lowest BCUT2D eigenvalue weighted by Crippen LogP contribution is -2.61. The Morgan fingerprint density at radius 1 is 0.908 bits per heavy atom. The van der Waals surface area contributed by atoms with Gasteiger partial charge in [0.1, 0.15) is 48.5 Å². The molecule has 0 aliphatic carbocycles. The first-order valence-corrected chi connectivity index (χ1v) is 26.9. The van der Waals surface area contributed by atoms with E-state index < -0.39 is 133 Å². The predicted molar refractivity (Wildman–Crippen MR) is 280 cm³/mol. The van der Waals surface area contributed by atoms with E-state index in [1.807, 2.05) is 68.4 Å². The molecule has 20 heteroatoms. The van der Waals surface area contributed by atoms with Crippen LogP contribution >= 0.6 is 0 Å². The molecule has 0 amide bonds. The molecule has 0 unspecified atom stereocenters. The second-order valence-corrected chi connectivity index (χ2v) is 22.4. The van der Waals surface area contributed by atoms with E-state index >= 15 is 0 Å². The number of alkyl halides is 1. The second kappa shape index (κ2) is 26.0. The van der Waals surface area contributed by atoms with Crippen molar-refractivity contribution in [1.29, 1.82) is 0 Å². The fourth-order valence-corrected chi connectivity index (χ4v) is 11.9. The van der Waals surface area contributed by atoms with Crippen LogP contribution in [0.15, 0.2) is 60.7 Å². The summed E-state index contributed by atoms with van der Waals surface area (Å²) in [6.07, 6.45) is -4.68. The lowest BCUT2D eigenvalue weighted by molar-refractivity contribution is -0.319. The summed E-state index contributed by atoms with van der Waals surface area (Å²) in [6, 6.07) is 10.5. The van der Waals surface area contributed by atoms with Gasteiger partial charge in [-0.1, -0.05) is 58.0 Å². The van der Waals surface area contributed by atoms with E-state index in [2.05, 4.69) is 15.9 Å². The number of benzene rings is 1. The number of hydrazine groups is 2. The van der Waals surface area contributed by atoms with E-state index in [9.17, 15) is 34.4 Å². The van der Waals surface area contributed by atoms with Crippen LogP contribution in [0.25, 0.3) is 11.1 Å². The van der Waals surface area contributed by atoms with E-state index in [-0.39, 0.29) is 25.0 Å². The number of nitrogens with one attached hydrogen (secondary N) is 2. The average Bonchev–Trinajstić information content (AvgIpc) is 3.89. The number of ketones is 1. The number of likely N-dealkylation sites (N-methyl/N-ethyl adjacent to an activating group) is 1. The Labute approximate surface area is 449 Å². The standard InChI is InChI=1S/C56H88FN5O14/c1-15-43-56(10,68)49(65)33(4)45(63)31(2)26-55(9,71-14)51(34(5)47(35(6)52(67)74-43)75-44-27-54(8,70-13)50(66)36(7)73-44)76-53-46(64)41(25-32(3)72-53)61(11)24-22-40-30-62(60-59-40)42(28-57)48(69-12)38-20-18-37(19-21-38)39-17-16-23-58-29-39/h16-21,23,29-36,41-44,46-51,53,59-60,64-66,68H,15,22,24-28H2,1-14H3/t31-,32-,33+,34+,35-,36+,41+,42-,43-,44+,46-,47+,48-,49-,50+,51-,53+,54-,55-,56-/m1/s1. The van der Waals surface area contributed by atoms with Gasteiger partial charge in [-0.3, -0.25) is 19.6 Å². The molecule has 5 heterocycles. The van der Waals surface area contributed by atoms with Crippen LogP contribution in [0, 0.1) is 23.7 Å². The van der Waals surface area contributed by atoms with Crippen molar-refractivity contribution in [3.05, 3.63) is 66.3 Å². The molecule has 4 aliphatic rings. The van der Waals surface area contributed by atoms with Gasteiger partial charge in [-0.2, -0.15) is 0 Å². The van der Waals surface area contributed by atoms with Gasteiger partial charge < -0.3 is 68.6 Å². The number of carbonyl (C=O) groups is 2. The van der Waals surface area contributed by atoms with Crippen molar-refractivity contribution >= 4 is 11.8 Å². The molecular formula is C56H88FN5O14. The normalized spacial score (nSPS) is 39.0. The predicted octanol–water partition coefficient (Wildman–Crippen LogP) is 5.15. The molecule has 0 spiro atoms. The topological polar surface area (TPSA) is 232 Å². The number of hydrogen-bond donors (Lipinski definition) is 6. The molecule has 0 bridgehead atoms. The molecule has 1 aromatic heterocycles.